The molecule has 1 aromatic carbocycles. The average Bonchev–Trinajstić information content (AvgIpc) is 2.37. The van der Waals surface area contributed by atoms with Crippen LogP contribution in [-0.4, -0.2) is 34.2 Å². The molecule has 0 aliphatic rings. The van der Waals surface area contributed by atoms with E-state index in [9.17, 15) is 13.2 Å². The predicted molar refractivity (Wildman–Crippen MR) is 84.6 cm³/mol. The molecule has 1 atom stereocenters. The molecule has 1 unspecified atom stereocenters. The Labute approximate surface area is 126 Å². The van der Waals surface area contributed by atoms with Gasteiger partial charge in [-0.15, -0.1) is 0 Å². The van der Waals surface area contributed by atoms with Gasteiger partial charge >= 0.3 is 0 Å². The van der Waals surface area contributed by atoms with Crippen molar-refractivity contribution < 1.29 is 13.2 Å². The van der Waals surface area contributed by atoms with Crippen molar-refractivity contribution in [1.82, 2.24) is 10.6 Å². The van der Waals surface area contributed by atoms with Crippen molar-refractivity contribution in [1.29, 1.82) is 0 Å². The van der Waals surface area contributed by atoms with E-state index in [1.807, 2.05) is 20.0 Å². The first-order valence-corrected chi connectivity index (χ1v) is 8.73. The van der Waals surface area contributed by atoms with Crippen molar-refractivity contribution in [2.45, 2.75) is 25.8 Å². The van der Waals surface area contributed by atoms with Gasteiger partial charge in [0.25, 0.3) is 0 Å². The molecule has 3 N–H and O–H groups in total. The van der Waals surface area contributed by atoms with E-state index < -0.39 is 10.0 Å². The fourth-order valence-electron chi connectivity index (χ4n) is 1.98. The van der Waals surface area contributed by atoms with Crippen LogP contribution in [0.2, 0.25) is 0 Å². The van der Waals surface area contributed by atoms with Crippen LogP contribution in [-0.2, 0) is 14.8 Å². The Balaban J connectivity index is 2.73. The molecule has 1 amide bonds. The third-order valence-corrected chi connectivity index (χ3v) is 3.52. The van der Waals surface area contributed by atoms with E-state index in [1.165, 1.54) is 0 Å². The van der Waals surface area contributed by atoms with Crippen LogP contribution >= 0.6 is 0 Å². The molecular formula is C14H23N3O3S. The molecule has 1 rings (SSSR count). The first kappa shape index (κ1) is 17.5. The highest BCUT2D eigenvalue weighted by Crippen LogP contribution is 2.23. The summed E-state index contributed by atoms with van der Waals surface area (Å²) >= 11 is 0. The summed E-state index contributed by atoms with van der Waals surface area (Å²) in [5, 5.41) is 5.87. The van der Waals surface area contributed by atoms with Crippen LogP contribution in [0.5, 0.6) is 0 Å². The molecule has 0 radical (unpaired) electrons. The lowest BCUT2D eigenvalue weighted by Gasteiger charge is -2.18. The number of nitrogens with one attached hydrogen (secondary N) is 3. The summed E-state index contributed by atoms with van der Waals surface area (Å²) in [4.78, 5) is 11.8. The quantitative estimate of drug-likeness (QED) is 0.630. The summed E-state index contributed by atoms with van der Waals surface area (Å²) in [6.45, 7) is 2.62. The number of rotatable bonds is 8. The number of hydrogen-bond donors (Lipinski definition) is 3. The molecule has 0 aliphatic carbocycles. The van der Waals surface area contributed by atoms with Gasteiger partial charge in [-0.05, 0) is 38.6 Å². The van der Waals surface area contributed by atoms with E-state index >= 15 is 0 Å². The number of hydrogen-bond acceptors (Lipinski definition) is 4. The Morgan fingerprint density at radius 1 is 1.29 bits per heavy atom. The summed E-state index contributed by atoms with van der Waals surface area (Å²) in [5.41, 5.74) is 1.23. The van der Waals surface area contributed by atoms with Gasteiger partial charge in [-0.25, -0.2) is 8.42 Å². The third kappa shape index (κ3) is 6.59. The molecule has 0 heterocycles. The second kappa shape index (κ2) is 7.99. The predicted octanol–water partition coefficient (Wildman–Crippen LogP) is 1.23. The van der Waals surface area contributed by atoms with E-state index in [0.29, 0.717) is 12.1 Å². The highest BCUT2D eigenvalue weighted by Gasteiger charge is 2.14. The zero-order valence-electron chi connectivity index (χ0n) is 12.6. The van der Waals surface area contributed by atoms with Crippen LogP contribution in [0.1, 0.15) is 31.4 Å². The Kier molecular flexibility index (Phi) is 6.64. The molecular weight excluding hydrogens is 290 g/mol. The first-order valence-electron chi connectivity index (χ1n) is 6.84. The maximum Gasteiger partial charge on any atom is 0.229 e. The zero-order valence-corrected chi connectivity index (χ0v) is 13.5. The largest absolute Gasteiger partial charge is 0.350 e. The smallest absolute Gasteiger partial charge is 0.229 e. The van der Waals surface area contributed by atoms with Crippen LogP contribution in [0.3, 0.4) is 0 Å². The Morgan fingerprint density at radius 2 is 1.95 bits per heavy atom. The van der Waals surface area contributed by atoms with Gasteiger partial charge in [0.1, 0.15) is 0 Å². The number of carbonyl (C=O) groups excluding carboxylic acids is 1. The minimum Gasteiger partial charge on any atom is -0.350 e. The average molecular weight is 313 g/mol. The molecule has 6 nitrogen and oxygen atoms in total. The summed E-state index contributed by atoms with van der Waals surface area (Å²) in [7, 11) is -1.51. The molecule has 1 aromatic rings. The monoisotopic (exact) mass is 313 g/mol. The van der Waals surface area contributed by atoms with Crippen LogP contribution in [0.15, 0.2) is 24.3 Å². The highest BCUT2D eigenvalue weighted by molar-refractivity contribution is 7.92. The molecule has 0 spiro atoms. The van der Waals surface area contributed by atoms with Crippen molar-refractivity contribution in [2.75, 3.05) is 24.6 Å². The second-order valence-corrected chi connectivity index (χ2v) is 6.71. The number of anilines is 1. The third-order valence-electron chi connectivity index (χ3n) is 2.93. The van der Waals surface area contributed by atoms with Crippen LogP contribution < -0.4 is 15.4 Å². The fourth-order valence-corrected chi connectivity index (χ4v) is 2.57. The second-order valence-electron chi connectivity index (χ2n) is 4.96. The van der Waals surface area contributed by atoms with Crippen LogP contribution in [0, 0.1) is 0 Å². The highest BCUT2D eigenvalue weighted by atomic mass is 32.2. The molecule has 0 saturated carbocycles. The molecule has 0 aromatic heterocycles. The van der Waals surface area contributed by atoms with Crippen molar-refractivity contribution in [2.24, 2.45) is 0 Å². The number of sulfonamides is 1. The van der Waals surface area contributed by atoms with Gasteiger partial charge in [0.15, 0.2) is 0 Å². The van der Waals surface area contributed by atoms with E-state index in [1.54, 1.807) is 18.2 Å². The first-order chi connectivity index (χ1) is 9.83. The fraction of sp³-hybridized carbons (Fsp3) is 0.500. The standard InChI is InChI=1S/C14H23N3O3S/c1-11(16-14(18)9-6-10-15-2)12-7-4-5-8-13(12)17-21(3,19)20/h4-5,7-8,11,15,17H,6,9-10H2,1-3H3,(H,16,18). The number of amides is 1. The molecule has 0 bridgehead atoms. The summed E-state index contributed by atoms with van der Waals surface area (Å²) in [6, 6.07) is 6.77. The van der Waals surface area contributed by atoms with E-state index in [2.05, 4.69) is 15.4 Å². The Hall–Kier alpha value is -1.60. The number of benzene rings is 1. The molecule has 0 fully saturated rings. The van der Waals surface area contributed by atoms with E-state index in [-0.39, 0.29) is 11.9 Å². The molecule has 0 aliphatic heterocycles. The lowest BCUT2D eigenvalue weighted by atomic mass is 10.1. The normalized spacial score (nSPS) is 12.7. The van der Waals surface area contributed by atoms with Crippen LogP contribution in [0.4, 0.5) is 5.69 Å². The molecule has 21 heavy (non-hydrogen) atoms. The van der Waals surface area contributed by atoms with Gasteiger partial charge in [0.05, 0.1) is 18.0 Å². The molecule has 118 valence electrons. The minimum absolute atomic E-state index is 0.0492. The van der Waals surface area contributed by atoms with Gasteiger partial charge in [-0.3, -0.25) is 9.52 Å². The molecule has 7 heteroatoms. The summed E-state index contributed by atoms with van der Waals surface area (Å²) < 4.78 is 25.2. The maximum absolute atomic E-state index is 11.8. The topological polar surface area (TPSA) is 87.3 Å². The van der Waals surface area contributed by atoms with Gasteiger partial charge in [0, 0.05) is 6.42 Å². The van der Waals surface area contributed by atoms with Crippen molar-refractivity contribution in [3.8, 4) is 0 Å². The maximum atomic E-state index is 11.8. The lowest BCUT2D eigenvalue weighted by Crippen LogP contribution is -2.28. The Bertz CT molecular complexity index is 573. The number of carbonyl (C=O) groups is 1. The van der Waals surface area contributed by atoms with Gasteiger partial charge in [-0.1, -0.05) is 18.2 Å². The lowest BCUT2D eigenvalue weighted by molar-refractivity contribution is -0.121. The van der Waals surface area contributed by atoms with Crippen molar-refractivity contribution in [3.05, 3.63) is 29.8 Å². The van der Waals surface area contributed by atoms with Gasteiger partial charge in [-0.2, -0.15) is 0 Å². The summed E-state index contributed by atoms with van der Waals surface area (Å²) in [5.74, 6) is -0.0492. The number of para-hydroxylation sites is 1. The van der Waals surface area contributed by atoms with Gasteiger partial charge < -0.3 is 10.6 Å². The van der Waals surface area contributed by atoms with Gasteiger partial charge in [0.2, 0.25) is 15.9 Å². The van der Waals surface area contributed by atoms with E-state index in [4.69, 9.17) is 0 Å². The van der Waals surface area contributed by atoms with Crippen molar-refractivity contribution >= 4 is 21.6 Å². The SMILES string of the molecule is CNCCCC(=O)NC(C)c1ccccc1NS(C)(=O)=O. The zero-order chi connectivity index (χ0) is 15.9. The van der Waals surface area contributed by atoms with E-state index in [0.717, 1.165) is 24.8 Å². The van der Waals surface area contributed by atoms with Crippen molar-refractivity contribution in [3.63, 3.8) is 0 Å². The molecule has 0 saturated heterocycles. The minimum atomic E-state index is -3.35. The Morgan fingerprint density at radius 3 is 2.57 bits per heavy atom. The van der Waals surface area contributed by atoms with Crippen LogP contribution in [0.25, 0.3) is 0 Å². The summed E-state index contributed by atoms with van der Waals surface area (Å²) in [6.07, 6.45) is 2.30.